The van der Waals surface area contributed by atoms with Crippen LogP contribution < -0.4 is 4.74 Å². The summed E-state index contributed by atoms with van der Waals surface area (Å²) in [7, 11) is 2.03. The molecule has 36 heavy (non-hydrogen) atoms. The SMILES string of the molecule is C[C@@H](O)CC(=O)N1CCC[C@H]1C(=O)OC1=CC[C@@]2(O)[C@H]3Cc4ccc(CO)c5c4C2(CCN3C)C1O5. The molecule has 9 heteroatoms. The van der Waals surface area contributed by atoms with Gasteiger partial charge < -0.3 is 34.6 Å². The molecule has 2 aliphatic carbocycles. The number of hydrogen-bond donors (Lipinski definition) is 3. The monoisotopic (exact) mass is 498 g/mol. The molecule has 0 aromatic heterocycles. The number of hydrogen-bond acceptors (Lipinski definition) is 8. The number of piperidine rings is 1. The minimum atomic E-state index is -1.10. The second-order valence-corrected chi connectivity index (χ2v) is 11.1. The van der Waals surface area contributed by atoms with E-state index in [1.54, 1.807) is 13.0 Å². The highest BCUT2D eigenvalue weighted by molar-refractivity contribution is 5.86. The molecule has 3 heterocycles. The summed E-state index contributed by atoms with van der Waals surface area (Å²) < 4.78 is 12.5. The molecule has 2 saturated heterocycles. The number of benzene rings is 1. The number of amides is 1. The molecular weight excluding hydrogens is 464 g/mol. The number of esters is 1. The van der Waals surface area contributed by atoms with Crippen molar-refractivity contribution >= 4 is 11.9 Å². The van der Waals surface area contributed by atoms with Gasteiger partial charge in [0.05, 0.1) is 30.1 Å². The minimum absolute atomic E-state index is 0.0364. The Hall–Kier alpha value is -2.46. The summed E-state index contributed by atoms with van der Waals surface area (Å²) >= 11 is 0. The first-order chi connectivity index (χ1) is 17.2. The normalized spacial score (nSPS) is 35.1. The maximum atomic E-state index is 13.4. The van der Waals surface area contributed by atoms with Crippen molar-refractivity contribution in [2.24, 2.45) is 0 Å². The Morgan fingerprint density at radius 3 is 2.86 bits per heavy atom. The Balaban J connectivity index is 1.36. The molecule has 6 rings (SSSR count). The summed E-state index contributed by atoms with van der Waals surface area (Å²) in [5.74, 6) is 0.194. The van der Waals surface area contributed by atoms with Crippen LogP contribution >= 0.6 is 0 Å². The third-order valence-electron chi connectivity index (χ3n) is 9.16. The summed E-state index contributed by atoms with van der Waals surface area (Å²) in [5, 5.41) is 31.9. The van der Waals surface area contributed by atoms with Crippen molar-refractivity contribution in [3.05, 3.63) is 40.7 Å². The van der Waals surface area contributed by atoms with Crippen LogP contribution in [0.5, 0.6) is 5.75 Å². The lowest BCUT2D eigenvalue weighted by atomic mass is 9.50. The van der Waals surface area contributed by atoms with Gasteiger partial charge in [-0.2, -0.15) is 0 Å². The topological polar surface area (TPSA) is 120 Å². The third kappa shape index (κ3) is 3.09. The molecule has 1 aromatic rings. The molecule has 1 spiro atoms. The Labute approximate surface area is 210 Å². The smallest absolute Gasteiger partial charge is 0.334 e. The van der Waals surface area contributed by atoms with Gasteiger partial charge in [0.25, 0.3) is 0 Å². The molecule has 2 bridgehead atoms. The van der Waals surface area contributed by atoms with Crippen molar-refractivity contribution < 1.29 is 34.4 Å². The lowest BCUT2D eigenvalue weighted by Crippen LogP contribution is -2.74. The molecule has 194 valence electrons. The van der Waals surface area contributed by atoms with Crippen molar-refractivity contribution in [2.75, 3.05) is 20.1 Å². The van der Waals surface area contributed by atoms with Crippen LogP contribution in [0.4, 0.5) is 0 Å². The van der Waals surface area contributed by atoms with Gasteiger partial charge in [0.15, 0.2) is 6.10 Å². The molecule has 1 amide bonds. The Kier molecular flexibility index (Phi) is 5.50. The third-order valence-corrected chi connectivity index (χ3v) is 9.16. The standard InChI is InChI=1S/C27H34N2O7/c1-15(31)12-21(32)29-10-3-4-18(29)25(33)35-19-7-8-27(34)20-13-16-5-6-17(14-30)23-22(16)26(27,24(19)36-23)9-11-28(20)2/h5-7,15,18,20,24,30-31,34H,3-4,8-14H2,1-2H3/t15-,18+,20-,24?,26?,27-/m1/s1. The van der Waals surface area contributed by atoms with Crippen LogP contribution in [0.25, 0.3) is 0 Å². The Morgan fingerprint density at radius 1 is 1.31 bits per heavy atom. The van der Waals surface area contributed by atoms with Crippen LogP contribution in [0, 0.1) is 0 Å². The van der Waals surface area contributed by atoms with Crippen LogP contribution in [-0.2, 0) is 32.8 Å². The van der Waals surface area contributed by atoms with Gasteiger partial charge in [0, 0.05) is 30.1 Å². The average molecular weight is 499 g/mol. The molecule has 2 fully saturated rings. The van der Waals surface area contributed by atoms with Gasteiger partial charge in [-0.1, -0.05) is 12.1 Å². The van der Waals surface area contributed by atoms with E-state index in [4.69, 9.17) is 9.47 Å². The maximum Gasteiger partial charge on any atom is 0.334 e. The number of rotatable bonds is 5. The van der Waals surface area contributed by atoms with E-state index in [9.17, 15) is 24.9 Å². The molecular formula is C27H34N2O7. The van der Waals surface area contributed by atoms with Crippen LogP contribution in [0.2, 0.25) is 0 Å². The molecule has 3 N–H and O–H groups in total. The van der Waals surface area contributed by atoms with E-state index in [-0.39, 0.29) is 25.0 Å². The number of likely N-dealkylation sites (N-methyl/N-ethyl adjacent to an activating group) is 1. The Morgan fingerprint density at radius 2 is 2.11 bits per heavy atom. The van der Waals surface area contributed by atoms with E-state index >= 15 is 0 Å². The number of ether oxygens (including phenoxy) is 2. The zero-order chi connectivity index (χ0) is 25.4. The van der Waals surface area contributed by atoms with E-state index in [1.807, 2.05) is 19.2 Å². The zero-order valence-electron chi connectivity index (χ0n) is 20.8. The summed E-state index contributed by atoms with van der Waals surface area (Å²) in [6.45, 7) is 2.59. The lowest BCUT2D eigenvalue weighted by molar-refractivity contribution is -0.171. The molecule has 0 saturated carbocycles. The van der Waals surface area contributed by atoms with Crippen LogP contribution in [0.15, 0.2) is 24.0 Å². The second kappa shape index (κ2) is 8.28. The van der Waals surface area contributed by atoms with Gasteiger partial charge in [-0.25, -0.2) is 4.79 Å². The molecule has 1 aromatic carbocycles. The van der Waals surface area contributed by atoms with Crippen molar-refractivity contribution in [3.63, 3.8) is 0 Å². The fraction of sp³-hybridized carbons (Fsp3) is 0.630. The number of aliphatic hydroxyl groups excluding tert-OH is 2. The predicted molar refractivity (Wildman–Crippen MR) is 128 cm³/mol. The molecule has 0 radical (unpaired) electrons. The van der Waals surface area contributed by atoms with Crippen molar-refractivity contribution in [3.8, 4) is 5.75 Å². The van der Waals surface area contributed by atoms with Crippen LogP contribution in [0.1, 0.15) is 55.7 Å². The maximum absolute atomic E-state index is 13.4. The molecule has 6 atom stereocenters. The fourth-order valence-corrected chi connectivity index (χ4v) is 7.50. The Bertz CT molecular complexity index is 1150. The fourth-order valence-electron chi connectivity index (χ4n) is 7.50. The van der Waals surface area contributed by atoms with Crippen LogP contribution in [0.3, 0.4) is 0 Å². The largest absolute Gasteiger partial charge is 0.481 e. The first kappa shape index (κ1) is 23.9. The van der Waals surface area contributed by atoms with Gasteiger partial charge in [-0.15, -0.1) is 0 Å². The predicted octanol–water partition coefficient (Wildman–Crippen LogP) is 0.762. The second-order valence-electron chi connectivity index (χ2n) is 11.1. The van der Waals surface area contributed by atoms with E-state index < -0.39 is 35.2 Å². The molecule has 2 unspecified atom stereocenters. The van der Waals surface area contributed by atoms with Gasteiger partial charge >= 0.3 is 5.97 Å². The minimum Gasteiger partial charge on any atom is -0.481 e. The molecule has 5 aliphatic rings. The van der Waals surface area contributed by atoms with Crippen molar-refractivity contribution in [1.29, 1.82) is 0 Å². The number of likely N-dealkylation sites (tertiary alicyclic amines) is 2. The van der Waals surface area contributed by atoms with Gasteiger partial charge in [0.2, 0.25) is 5.91 Å². The number of aliphatic hydroxyl groups is 3. The van der Waals surface area contributed by atoms with Gasteiger partial charge in [-0.05, 0) is 57.8 Å². The van der Waals surface area contributed by atoms with Gasteiger partial charge in [-0.3, -0.25) is 4.79 Å². The molecule has 3 aliphatic heterocycles. The zero-order valence-corrected chi connectivity index (χ0v) is 20.8. The van der Waals surface area contributed by atoms with Crippen molar-refractivity contribution in [2.45, 2.75) is 87.4 Å². The quantitative estimate of drug-likeness (QED) is 0.509. The summed E-state index contributed by atoms with van der Waals surface area (Å²) in [5.41, 5.74) is 0.833. The van der Waals surface area contributed by atoms with E-state index in [0.29, 0.717) is 55.7 Å². The highest BCUT2D eigenvalue weighted by Gasteiger charge is 2.72. The van der Waals surface area contributed by atoms with Crippen molar-refractivity contribution in [1.82, 2.24) is 9.80 Å². The highest BCUT2D eigenvalue weighted by atomic mass is 16.6. The summed E-state index contributed by atoms with van der Waals surface area (Å²) in [6.07, 6.45) is 3.10. The number of carbonyl (C=O) groups is 2. The number of carbonyl (C=O) groups excluding carboxylic acids is 2. The average Bonchev–Trinajstić information content (AvgIpc) is 3.46. The highest BCUT2D eigenvalue weighted by Crippen LogP contribution is 2.64. The van der Waals surface area contributed by atoms with Gasteiger partial charge in [0.1, 0.15) is 17.6 Å². The van der Waals surface area contributed by atoms with E-state index in [2.05, 4.69) is 4.90 Å². The summed E-state index contributed by atoms with van der Waals surface area (Å²) in [6, 6.07) is 3.09. The lowest BCUT2D eigenvalue weighted by Gasteiger charge is -2.61. The van der Waals surface area contributed by atoms with E-state index in [0.717, 1.165) is 17.7 Å². The van der Waals surface area contributed by atoms with Crippen LogP contribution in [-0.4, -0.2) is 87.0 Å². The first-order valence-corrected chi connectivity index (χ1v) is 13.0. The molecule has 9 nitrogen and oxygen atoms in total. The van der Waals surface area contributed by atoms with E-state index in [1.165, 1.54) is 4.90 Å². The summed E-state index contributed by atoms with van der Waals surface area (Å²) in [4.78, 5) is 29.7. The first-order valence-electron chi connectivity index (χ1n) is 13.0. The number of nitrogens with zero attached hydrogens (tertiary/aromatic N) is 2.